The number of thioether (sulfide) groups is 1. The molecule has 0 aliphatic carbocycles. The molecule has 2 heterocycles. The molecule has 8 heteroatoms. The number of nitrogens with zero attached hydrogens (tertiary/aromatic N) is 2. The summed E-state index contributed by atoms with van der Waals surface area (Å²) in [5.74, 6) is 0.151. The molecule has 0 spiro atoms. The van der Waals surface area contributed by atoms with Crippen molar-refractivity contribution in [1.29, 1.82) is 0 Å². The van der Waals surface area contributed by atoms with Crippen LogP contribution in [0.15, 0.2) is 75.0 Å². The predicted molar refractivity (Wildman–Crippen MR) is 132 cm³/mol. The van der Waals surface area contributed by atoms with Crippen LogP contribution in [0.2, 0.25) is 5.02 Å². The number of furan rings is 1. The summed E-state index contributed by atoms with van der Waals surface area (Å²) in [7, 11) is 0. The SMILES string of the molecule is CC(C)CN1C(=O)/C(=C/c2ccc(-c3cccc(C(=O)O)c3)o2)SC1=Nc1ccc(Cl)cc1. The second kappa shape index (κ2) is 9.68. The van der Waals surface area contributed by atoms with Gasteiger partial charge in [0.1, 0.15) is 11.5 Å². The van der Waals surface area contributed by atoms with Crippen molar-refractivity contribution < 1.29 is 19.1 Å². The molecule has 1 saturated heterocycles. The fourth-order valence-electron chi connectivity index (χ4n) is 3.26. The zero-order valence-electron chi connectivity index (χ0n) is 18.0. The predicted octanol–water partition coefficient (Wildman–Crippen LogP) is 6.56. The lowest BCUT2D eigenvalue weighted by Gasteiger charge is -2.17. The Kier molecular flexibility index (Phi) is 6.72. The van der Waals surface area contributed by atoms with Gasteiger partial charge in [0, 0.05) is 23.2 Å². The molecule has 0 atom stereocenters. The standard InChI is InChI=1S/C25H21ClN2O4S/c1-15(2)14-28-23(29)22(33-25(28)27-19-8-6-18(26)7-9-19)13-20-10-11-21(32-20)16-4-3-5-17(12-16)24(30)31/h3-13,15H,14H2,1-2H3,(H,30,31)/b22-13-,27-25?. The molecule has 33 heavy (non-hydrogen) atoms. The first-order valence-corrected chi connectivity index (χ1v) is 11.5. The molecule has 6 nitrogen and oxygen atoms in total. The van der Waals surface area contributed by atoms with Crippen molar-refractivity contribution in [1.82, 2.24) is 4.90 Å². The summed E-state index contributed by atoms with van der Waals surface area (Å²) < 4.78 is 5.89. The number of carbonyl (C=O) groups is 2. The van der Waals surface area contributed by atoms with Crippen LogP contribution >= 0.6 is 23.4 Å². The molecule has 1 amide bonds. The third-order valence-electron chi connectivity index (χ3n) is 4.78. The largest absolute Gasteiger partial charge is 0.478 e. The molecule has 0 saturated carbocycles. The maximum absolute atomic E-state index is 13.1. The van der Waals surface area contributed by atoms with Gasteiger partial charge >= 0.3 is 5.97 Å². The quantitative estimate of drug-likeness (QED) is 0.404. The summed E-state index contributed by atoms with van der Waals surface area (Å²) >= 11 is 7.26. The Morgan fingerprint density at radius 3 is 2.64 bits per heavy atom. The van der Waals surface area contributed by atoms with Crippen molar-refractivity contribution in [2.24, 2.45) is 10.9 Å². The van der Waals surface area contributed by atoms with Crippen molar-refractivity contribution in [3.63, 3.8) is 0 Å². The number of carbonyl (C=O) groups excluding carboxylic acids is 1. The topological polar surface area (TPSA) is 83.1 Å². The van der Waals surface area contributed by atoms with Crippen LogP contribution in [-0.4, -0.2) is 33.6 Å². The second-order valence-electron chi connectivity index (χ2n) is 7.88. The summed E-state index contributed by atoms with van der Waals surface area (Å²) in [4.78, 5) is 31.2. The van der Waals surface area contributed by atoms with E-state index >= 15 is 0 Å². The monoisotopic (exact) mass is 480 g/mol. The van der Waals surface area contributed by atoms with Gasteiger partial charge in [-0.2, -0.15) is 0 Å². The molecule has 1 aliphatic rings. The minimum atomic E-state index is -1.00. The average molecular weight is 481 g/mol. The van der Waals surface area contributed by atoms with Crippen molar-refractivity contribution in [3.8, 4) is 11.3 Å². The zero-order chi connectivity index (χ0) is 23.5. The molecule has 0 radical (unpaired) electrons. The number of aromatic carboxylic acids is 1. The van der Waals surface area contributed by atoms with Crippen LogP contribution in [0.1, 0.15) is 30.0 Å². The van der Waals surface area contributed by atoms with E-state index in [4.69, 9.17) is 16.0 Å². The number of amides is 1. The fourth-order valence-corrected chi connectivity index (χ4v) is 4.38. The number of aliphatic imine (C=N–C) groups is 1. The maximum atomic E-state index is 13.1. The van der Waals surface area contributed by atoms with Crippen LogP contribution < -0.4 is 0 Å². The molecular weight excluding hydrogens is 460 g/mol. The first-order valence-electron chi connectivity index (χ1n) is 10.3. The van der Waals surface area contributed by atoms with Crippen molar-refractivity contribution in [3.05, 3.63) is 81.9 Å². The van der Waals surface area contributed by atoms with E-state index in [2.05, 4.69) is 4.99 Å². The normalized spacial score (nSPS) is 16.4. The van der Waals surface area contributed by atoms with E-state index in [1.54, 1.807) is 65.6 Å². The number of hydrogen-bond acceptors (Lipinski definition) is 5. The lowest BCUT2D eigenvalue weighted by atomic mass is 10.1. The van der Waals surface area contributed by atoms with Gasteiger partial charge in [-0.25, -0.2) is 9.79 Å². The van der Waals surface area contributed by atoms with Gasteiger partial charge in [0.05, 0.1) is 16.2 Å². The minimum Gasteiger partial charge on any atom is -0.478 e. The molecule has 4 rings (SSSR count). The highest BCUT2D eigenvalue weighted by atomic mass is 35.5. The molecule has 1 N–H and O–H groups in total. The second-order valence-corrected chi connectivity index (χ2v) is 9.32. The smallest absolute Gasteiger partial charge is 0.335 e. The Labute approximate surface area is 200 Å². The Balaban J connectivity index is 1.63. The maximum Gasteiger partial charge on any atom is 0.335 e. The Hall–Kier alpha value is -3.29. The molecular formula is C25H21ClN2O4S. The van der Waals surface area contributed by atoms with Gasteiger partial charge < -0.3 is 9.52 Å². The highest BCUT2D eigenvalue weighted by Crippen LogP contribution is 2.35. The van der Waals surface area contributed by atoms with E-state index in [1.165, 1.54) is 17.8 Å². The Morgan fingerprint density at radius 1 is 1.18 bits per heavy atom. The summed E-state index contributed by atoms with van der Waals surface area (Å²) in [6.07, 6.45) is 1.69. The van der Waals surface area contributed by atoms with Gasteiger partial charge in [-0.3, -0.25) is 9.69 Å². The number of amidine groups is 1. The molecule has 3 aromatic rings. The van der Waals surface area contributed by atoms with Crippen molar-refractivity contribution >= 4 is 52.2 Å². The molecule has 168 valence electrons. The summed E-state index contributed by atoms with van der Waals surface area (Å²) in [6, 6.07) is 17.2. The van der Waals surface area contributed by atoms with Gasteiger partial charge in [-0.15, -0.1) is 0 Å². The molecule has 1 aliphatic heterocycles. The Bertz CT molecular complexity index is 1260. The summed E-state index contributed by atoms with van der Waals surface area (Å²) in [6.45, 7) is 4.63. The van der Waals surface area contributed by atoms with Crippen LogP contribution in [0.5, 0.6) is 0 Å². The Morgan fingerprint density at radius 2 is 1.94 bits per heavy atom. The number of carboxylic acid groups (broad SMARTS) is 1. The van der Waals surface area contributed by atoms with Gasteiger partial charge in [0.15, 0.2) is 5.17 Å². The third kappa shape index (κ3) is 5.38. The highest BCUT2D eigenvalue weighted by molar-refractivity contribution is 8.18. The number of halogens is 1. The number of benzene rings is 2. The van der Waals surface area contributed by atoms with E-state index in [1.807, 2.05) is 13.8 Å². The summed E-state index contributed by atoms with van der Waals surface area (Å²) in [5.41, 5.74) is 1.54. The van der Waals surface area contributed by atoms with Crippen LogP contribution in [0, 0.1) is 5.92 Å². The molecule has 1 aromatic heterocycles. The van der Waals surface area contributed by atoms with Gasteiger partial charge in [-0.1, -0.05) is 37.6 Å². The first kappa shape index (κ1) is 22.9. The fraction of sp³-hybridized carbons (Fsp3) is 0.160. The first-order chi connectivity index (χ1) is 15.8. The van der Waals surface area contributed by atoms with Crippen LogP contribution in [0.3, 0.4) is 0 Å². The van der Waals surface area contributed by atoms with Gasteiger partial charge in [0.25, 0.3) is 5.91 Å². The minimum absolute atomic E-state index is 0.132. The van der Waals surface area contributed by atoms with Gasteiger partial charge in [-0.05, 0) is 66.2 Å². The van der Waals surface area contributed by atoms with Crippen LogP contribution in [-0.2, 0) is 4.79 Å². The van der Waals surface area contributed by atoms with Crippen LogP contribution in [0.25, 0.3) is 17.4 Å². The van der Waals surface area contributed by atoms with E-state index in [0.717, 1.165) is 0 Å². The third-order valence-corrected chi connectivity index (χ3v) is 6.04. The average Bonchev–Trinajstić information content (AvgIpc) is 3.36. The van der Waals surface area contributed by atoms with Crippen molar-refractivity contribution in [2.45, 2.75) is 13.8 Å². The van der Waals surface area contributed by atoms with Crippen molar-refractivity contribution in [2.75, 3.05) is 6.54 Å². The number of carboxylic acids is 1. The zero-order valence-corrected chi connectivity index (χ0v) is 19.6. The van der Waals surface area contributed by atoms with Gasteiger partial charge in [0.2, 0.25) is 0 Å². The number of rotatable bonds is 6. The lowest BCUT2D eigenvalue weighted by molar-refractivity contribution is -0.122. The lowest BCUT2D eigenvalue weighted by Crippen LogP contribution is -2.32. The molecule has 2 aromatic carbocycles. The molecule has 1 fully saturated rings. The molecule has 0 unspecified atom stereocenters. The van der Waals surface area contributed by atoms with E-state index < -0.39 is 5.97 Å². The van der Waals surface area contributed by atoms with E-state index in [9.17, 15) is 14.7 Å². The van der Waals surface area contributed by atoms with E-state index in [-0.39, 0.29) is 17.4 Å². The van der Waals surface area contributed by atoms with Crippen LogP contribution in [0.4, 0.5) is 5.69 Å². The van der Waals surface area contributed by atoms with E-state index in [0.29, 0.717) is 44.4 Å². The summed E-state index contributed by atoms with van der Waals surface area (Å²) in [5, 5.41) is 10.4. The highest BCUT2D eigenvalue weighted by Gasteiger charge is 2.34. The molecule has 0 bridgehead atoms. The number of hydrogen-bond donors (Lipinski definition) is 1.